The lowest BCUT2D eigenvalue weighted by atomic mass is 10.2. The van der Waals surface area contributed by atoms with Gasteiger partial charge in [0.05, 0.1) is 20.1 Å². The fourth-order valence-corrected chi connectivity index (χ4v) is 2.20. The van der Waals surface area contributed by atoms with Crippen LogP contribution in [-0.2, 0) is 0 Å². The summed E-state index contributed by atoms with van der Waals surface area (Å²) in [7, 11) is 2.34. The van der Waals surface area contributed by atoms with Crippen molar-refractivity contribution in [3.05, 3.63) is 29.8 Å². The zero-order valence-corrected chi connectivity index (χ0v) is 8.59. The molecular formula is C12H18N+. The molecule has 1 aliphatic rings. The van der Waals surface area contributed by atoms with Gasteiger partial charge in [-0.25, -0.2) is 0 Å². The summed E-state index contributed by atoms with van der Waals surface area (Å²) in [4.78, 5) is 0. The highest BCUT2D eigenvalue weighted by atomic mass is 15.3. The molecule has 13 heavy (non-hydrogen) atoms. The zero-order chi connectivity index (χ0) is 9.31. The second kappa shape index (κ2) is 3.15. The molecule has 0 aromatic heterocycles. The predicted molar refractivity (Wildman–Crippen MR) is 57.9 cm³/mol. The van der Waals surface area contributed by atoms with Crippen molar-refractivity contribution in [3.63, 3.8) is 0 Å². The molecule has 0 unspecified atom stereocenters. The van der Waals surface area contributed by atoms with Crippen molar-refractivity contribution < 1.29 is 0 Å². The highest BCUT2D eigenvalue weighted by molar-refractivity contribution is 5.44. The average molecular weight is 176 g/mol. The number of nitrogens with zero attached hydrogens (tertiary/aromatic N) is 1. The average Bonchev–Trinajstić information content (AvgIpc) is 2.54. The van der Waals surface area contributed by atoms with Crippen LogP contribution in [0, 0.1) is 6.92 Å². The van der Waals surface area contributed by atoms with E-state index >= 15 is 0 Å². The minimum atomic E-state index is 1.14. The minimum absolute atomic E-state index is 1.14. The highest BCUT2D eigenvalue weighted by Gasteiger charge is 2.28. The van der Waals surface area contributed by atoms with Crippen LogP contribution in [0.5, 0.6) is 0 Å². The van der Waals surface area contributed by atoms with Crippen molar-refractivity contribution in [2.75, 3.05) is 20.1 Å². The molecule has 1 aliphatic heterocycles. The van der Waals surface area contributed by atoms with Crippen LogP contribution in [0.15, 0.2) is 24.3 Å². The monoisotopic (exact) mass is 176 g/mol. The van der Waals surface area contributed by atoms with E-state index in [2.05, 4.69) is 38.2 Å². The molecule has 0 amide bonds. The van der Waals surface area contributed by atoms with Crippen molar-refractivity contribution in [2.24, 2.45) is 0 Å². The fourth-order valence-electron chi connectivity index (χ4n) is 2.20. The summed E-state index contributed by atoms with van der Waals surface area (Å²) in [6.45, 7) is 4.76. The zero-order valence-electron chi connectivity index (χ0n) is 8.59. The second-order valence-electron chi connectivity index (χ2n) is 4.39. The van der Waals surface area contributed by atoms with Crippen LogP contribution < -0.4 is 4.48 Å². The molecule has 0 aliphatic carbocycles. The van der Waals surface area contributed by atoms with Crippen LogP contribution in [-0.4, -0.2) is 20.1 Å². The highest BCUT2D eigenvalue weighted by Crippen LogP contribution is 2.26. The lowest BCUT2D eigenvalue weighted by Crippen LogP contribution is -2.41. The Morgan fingerprint density at radius 2 is 1.54 bits per heavy atom. The maximum Gasteiger partial charge on any atom is 0.132 e. The Kier molecular flexibility index (Phi) is 2.12. The smallest absolute Gasteiger partial charge is 0.132 e. The van der Waals surface area contributed by atoms with Gasteiger partial charge in [-0.2, -0.15) is 0 Å². The molecule has 0 saturated carbocycles. The Morgan fingerprint density at radius 3 is 2.08 bits per heavy atom. The summed E-state index contributed by atoms with van der Waals surface area (Å²) in [6.07, 6.45) is 2.76. The molecule has 1 heteroatoms. The molecule has 1 aromatic carbocycles. The van der Waals surface area contributed by atoms with E-state index in [0.717, 1.165) is 4.48 Å². The molecule has 70 valence electrons. The Morgan fingerprint density at radius 1 is 1.00 bits per heavy atom. The van der Waals surface area contributed by atoms with Gasteiger partial charge in [0.15, 0.2) is 0 Å². The first-order valence-corrected chi connectivity index (χ1v) is 5.12. The van der Waals surface area contributed by atoms with E-state index in [-0.39, 0.29) is 0 Å². The van der Waals surface area contributed by atoms with Gasteiger partial charge in [-0.1, -0.05) is 17.7 Å². The first-order valence-electron chi connectivity index (χ1n) is 5.12. The lowest BCUT2D eigenvalue weighted by molar-refractivity contribution is 0.406. The molecule has 1 aromatic rings. The van der Waals surface area contributed by atoms with E-state index in [1.807, 2.05) is 0 Å². The van der Waals surface area contributed by atoms with E-state index in [9.17, 15) is 0 Å². The first kappa shape index (κ1) is 8.76. The van der Waals surface area contributed by atoms with E-state index in [4.69, 9.17) is 0 Å². The predicted octanol–water partition coefficient (Wildman–Crippen LogP) is 2.73. The normalized spacial score (nSPS) is 20.5. The third-order valence-corrected chi connectivity index (χ3v) is 3.21. The molecule has 1 fully saturated rings. The molecule has 0 spiro atoms. The van der Waals surface area contributed by atoms with Gasteiger partial charge in [0, 0.05) is 12.8 Å². The topological polar surface area (TPSA) is 0 Å². The van der Waals surface area contributed by atoms with Crippen molar-refractivity contribution in [1.82, 2.24) is 4.48 Å². The van der Waals surface area contributed by atoms with E-state index in [0.29, 0.717) is 0 Å². The Hall–Kier alpha value is -0.820. The van der Waals surface area contributed by atoms with Crippen molar-refractivity contribution in [1.29, 1.82) is 0 Å². The summed E-state index contributed by atoms with van der Waals surface area (Å²) >= 11 is 0. The number of aryl methyl sites for hydroxylation is 1. The minimum Gasteiger partial charge on any atom is -0.294 e. The van der Waals surface area contributed by atoms with Crippen LogP contribution in [0.4, 0.5) is 5.69 Å². The third-order valence-electron chi connectivity index (χ3n) is 3.21. The van der Waals surface area contributed by atoms with Crippen LogP contribution in [0.2, 0.25) is 0 Å². The van der Waals surface area contributed by atoms with Crippen LogP contribution in [0.3, 0.4) is 0 Å². The number of hydrogen-bond donors (Lipinski definition) is 0. The molecule has 1 heterocycles. The summed E-state index contributed by atoms with van der Waals surface area (Å²) in [5.41, 5.74) is 2.83. The number of benzene rings is 1. The van der Waals surface area contributed by atoms with Gasteiger partial charge >= 0.3 is 0 Å². The Balaban J connectivity index is 2.29. The van der Waals surface area contributed by atoms with Gasteiger partial charge < -0.3 is 0 Å². The number of rotatable bonds is 1. The molecule has 1 saturated heterocycles. The summed E-state index contributed by atoms with van der Waals surface area (Å²) in [6, 6.07) is 9.00. The maximum absolute atomic E-state index is 2.34. The molecule has 0 radical (unpaired) electrons. The fraction of sp³-hybridized carbons (Fsp3) is 0.500. The van der Waals surface area contributed by atoms with Crippen molar-refractivity contribution in [2.45, 2.75) is 19.8 Å². The number of hydrogen-bond acceptors (Lipinski definition) is 0. The molecular weight excluding hydrogens is 158 g/mol. The van der Waals surface area contributed by atoms with Gasteiger partial charge in [0.25, 0.3) is 0 Å². The largest absolute Gasteiger partial charge is 0.294 e. The van der Waals surface area contributed by atoms with E-state index in [1.54, 1.807) is 0 Å². The third kappa shape index (κ3) is 1.61. The number of likely N-dealkylation sites (tertiary alicyclic amines) is 1. The molecule has 1 nitrogen and oxygen atoms in total. The maximum atomic E-state index is 2.34. The lowest BCUT2D eigenvalue weighted by Gasteiger charge is -2.28. The molecule has 0 atom stereocenters. The summed E-state index contributed by atoms with van der Waals surface area (Å²) in [5, 5.41) is 0. The van der Waals surface area contributed by atoms with E-state index < -0.39 is 0 Å². The SMILES string of the molecule is Cc1ccc([N+]2(C)CCCC2)cc1. The van der Waals surface area contributed by atoms with Crippen molar-refractivity contribution >= 4 is 5.69 Å². The van der Waals surface area contributed by atoms with Gasteiger partial charge in [0.2, 0.25) is 0 Å². The van der Waals surface area contributed by atoms with Crippen molar-refractivity contribution in [3.8, 4) is 0 Å². The second-order valence-corrected chi connectivity index (χ2v) is 4.39. The van der Waals surface area contributed by atoms with Crippen LogP contribution >= 0.6 is 0 Å². The quantitative estimate of drug-likeness (QED) is 0.577. The van der Waals surface area contributed by atoms with Gasteiger partial charge in [-0.05, 0) is 19.1 Å². The summed E-state index contributed by atoms with van der Waals surface area (Å²) < 4.78 is 1.14. The van der Waals surface area contributed by atoms with Crippen LogP contribution in [0.25, 0.3) is 0 Å². The van der Waals surface area contributed by atoms with Crippen LogP contribution in [0.1, 0.15) is 18.4 Å². The van der Waals surface area contributed by atoms with Gasteiger partial charge in [-0.15, -0.1) is 0 Å². The molecule has 2 rings (SSSR count). The Labute approximate surface area is 80.6 Å². The Bertz CT molecular complexity index is 280. The number of quaternary nitrogens is 1. The van der Waals surface area contributed by atoms with Gasteiger partial charge in [0.1, 0.15) is 5.69 Å². The van der Waals surface area contributed by atoms with Gasteiger partial charge in [-0.3, -0.25) is 4.48 Å². The standard InChI is InChI=1S/C12H18N/c1-11-5-7-12(8-6-11)13(2)9-3-4-10-13/h5-8H,3-4,9-10H2,1-2H3/q+1. The van der Waals surface area contributed by atoms with E-state index in [1.165, 1.54) is 37.2 Å². The first-order chi connectivity index (χ1) is 6.21. The summed E-state index contributed by atoms with van der Waals surface area (Å²) in [5.74, 6) is 0. The molecule has 0 N–H and O–H groups in total. The molecule has 0 bridgehead atoms.